The first-order valence-electron chi connectivity index (χ1n) is 10.8. The fourth-order valence-electron chi connectivity index (χ4n) is 4.19. The van der Waals surface area contributed by atoms with Crippen LogP contribution in [0.2, 0.25) is 0 Å². The minimum absolute atomic E-state index is 0.124. The number of para-hydroxylation sites is 1. The van der Waals surface area contributed by atoms with E-state index in [1.807, 2.05) is 66.4 Å². The van der Waals surface area contributed by atoms with Gasteiger partial charge < -0.3 is 19.7 Å². The van der Waals surface area contributed by atoms with Crippen molar-refractivity contribution in [2.45, 2.75) is 25.7 Å². The molecule has 1 saturated heterocycles. The Bertz CT molecular complexity index is 1100. The summed E-state index contributed by atoms with van der Waals surface area (Å²) in [4.78, 5) is 19.6. The summed E-state index contributed by atoms with van der Waals surface area (Å²) in [5, 5.41) is 3.45. The molecule has 166 valence electrons. The van der Waals surface area contributed by atoms with E-state index in [2.05, 4.69) is 11.4 Å². The molecule has 4 rings (SSSR count). The highest BCUT2D eigenvalue weighted by molar-refractivity contribution is 5.80. The summed E-state index contributed by atoms with van der Waals surface area (Å²) in [6.07, 6.45) is 1.26. The highest BCUT2D eigenvalue weighted by Gasteiger charge is 2.29. The summed E-state index contributed by atoms with van der Waals surface area (Å²) in [6.45, 7) is 3.43. The highest BCUT2D eigenvalue weighted by Crippen LogP contribution is 2.30. The van der Waals surface area contributed by atoms with E-state index >= 15 is 0 Å². The standard InChI is InChI=1S/C26H29N3O3/c1-18-13-22(28-21-8-6-9-23(15-21)31-2)16-24(27-18)20-11-12-29(17-20)26(30)14-19-7-4-5-10-25(19)32-3/h4-10,13,15-16,20H,11-12,14,17H2,1-3H3,(H,27,28). The van der Waals surface area contributed by atoms with E-state index in [9.17, 15) is 4.79 Å². The van der Waals surface area contributed by atoms with E-state index in [0.29, 0.717) is 13.0 Å². The second kappa shape index (κ2) is 9.73. The minimum Gasteiger partial charge on any atom is -0.497 e. The number of pyridine rings is 1. The van der Waals surface area contributed by atoms with Crippen molar-refractivity contribution < 1.29 is 14.3 Å². The molecule has 6 nitrogen and oxygen atoms in total. The van der Waals surface area contributed by atoms with Gasteiger partial charge >= 0.3 is 0 Å². The van der Waals surface area contributed by atoms with Crippen LogP contribution in [0.1, 0.15) is 29.3 Å². The summed E-state index contributed by atoms with van der Waals surface area (Å²) in [6, 6.07) is 19.7. The molecule has 2 heterocycles. The zero-order valence-electron chi connectivity index (χ0n) is 18.8. The Kier molecular flexibility index (Phi) is 6.59. The average molecular weight is 432 g/mol. The van der Waals surface area contributed by atoms with Gasteiger partial charge in [-0.25, -0.2) is 0 Å². The molecule has 0 spiro atoms. The number of hydrogen-bond acceptors (Lipinski definition) is 5. The Morgan fingerprint density at radius 3 is 2.72 bits per heavy atom. The Labute approximate surface area is 189 Å². The van der Waals surface area contributed by atoms with Crippen molar-refractivity contribution in [2.24, 2.45) is 0 Å². The predicted octanol–water partition coefficient (Wildman–Crippen LogP) is 4.71. The second-order valence-electron chi connectivity index (χ2n) is 8.09. The van der Waals surface area contributed by atoms with Crippen LogP contribution in [-0.4, -0.2) is 43.1 Å². The van der Waals surface area contributed by atoms with E-state index < -0.39 is 0 Å². The van der Waals surface area contributed by atoms with Crippen LogP contribution in [0.3, 0.4) is 0 Å². The summed E-state index contributed by atoms with van der Waals surface area (Å²) >= 11 is 0. The molecule has 32 heavy (non-hydrogen) atoms. The lowest BCUT2D eigenvalue weighted by molar-refractivity contribution is -0.129. The van der Waals surface area contributed by atoms with Gasteiger partial charge in [-0.05, 0) is 43.7 Å². The third-order valence-electron chi connectivity index (χ3n) is 5.83. The third kappa shape index (κ3) is 5.02. The van der Waals surface area contributed by atoms with Crippen molar-refractivity contribution in [1.29, 1.82) is 0 Å². The van der Waals surface area contributed by atoms with E-state index in [4.69, 9.17) is 14.5 Å². The van der Waals surface area contributed by atoms with Crippen molar-refractivity contribution in [2.75, 3.05) is 32.6 Å². The zero-order chi connectivity index (χ0) is 22.5. The fourth-order valence-corrected chi connectivity index (χ4v) is 4.19. The summed E-state index contributed by atoms with van der Waals surface area (Å²) in [5.74, 6) is 1.91. The van der Waals surface area contributed by atoms with Crippen molar-refractivity contribution >= 4 is 17.3 Å². The largest absolute Gasteiger partial charge is 0.497 e. The topological polar surface area (TPSA) is 63.7 Å². The summed E-state index contributed by atoms with van der Waals surface area (Å²) in [5.41, 5.74) is 4.83. The molecular weight excluding hydrogens is 402 g/mol. The van der Waals surface area contributed by atoms with E-state index in [1.54, 1.807) is 14.2 Å². The van der Waals surface area contributed by atoms with Gasteiger partial charge in [0.05, 0.1) is 20.6 Å². The number of methoxy groups -OCH3 is 2. The number of amides is 1. The monoisotopic (exact) mass is 431 g/mol. The molecule has 1 fully saturated rings. The molecule has 6 heteroatoms. The van der Waals surface area contributed by atoms with Gasteiger partial charge in [-0.15, -0.1) is 0 Å². The lowest BCUT2D eigenvalue weighted by Crippen LogP contribution is -2.30. The number of carbonyl (C=O) groups is 1. The van der Waals surface area contributed by atoms with Gasteiger partial charge in [-0.2, -0.15) is 0 Å². The molecule has 1 unspecified atom stereocenters. The van der Waals surface area contributed by atoms with Crippen molar-refractivity contribution in [3.05, 3.63) is 77.6 Å². The number of nitrogens with zero attached hydrogens (tertiary/aromatic N) is 2. The molecule has 1 atom stereocenters. The molecular formula is C26H29N3O3. The molecule has 0 bridgehead atoms. The SMILES string of the molecule is COc1cccc(Nc2cc(C)nc(C3CCN(C(=O)Cc4ccccc4OC)C3)c2)c1. The predicted molar refractivity (Wildman–Crippen MR) is 126 cm³/mol. The maximum absolute atomic E-state index is 12.9. The van der Waals surface area contributed by atoms with Crippen LogP contribution in [0.4, 0.5) is 11.4 Å². The van der Waals surface area contributed by atoms with Crippen LogP contribution < -0.4 is 14.8 Å². The third-order valence-corrected chi connectivity index (χ3v) is 5.83. The number of likely N-dealkylation sites (tertiary alicyclic amines) is 1. The Morgan fingerprint density at radius 1 is 1.06 bits per heavy atom. The molecule has 1 N–H and O–H groups in total. The van der Waals surface area contributed by atoms with Crippen molar-refractivity contribution in [1.82, 2.24) is 9.88 Å². The number of benzene rings is 2. The average Bonchev–Trinajstić information content (AvgIpc) is 3.30. The van der Waals surface area contributed by atoms with Crippen LogP contribution in [0.5, 0.6) is 11.5 Å². The van der Waals surface area contributed by atoms with Gasteiger partial charge in [0.1, 0.15) is 11.5 Å². The maximum atomic E-state index is 12.9. The first-order chi connectivity index (χ1) is 15.6. The molecule has 3 aromatic rings. The van der Waals surface area contributed by atoms with E-state index in [-0.39, 0.29) is 11.8 Å². The Hall–Kier alpha value is -3.54. The van der Waals surface area contributed by atoms with Crippen LogP contribution >= 0.6 is 0 Å². The quantitative estimate of drug-likeness (QED) is 0.587. The molecule has 2 aromatic carbocycles. The van der Waals surface area contributed by atoms with Crippen molar-refractivity contribution in [3.8, 4) is 11.5 Å². The van der Waals surface area contributed by atoms with Gasteiger partial charge in [0, 0.05) is 53.4 Å². The van der Waals surface area contributed by atoms with Crippen molar-refractivity contribution in [3.63, 3.8) is 0 Å². The number of carbonyl (C=O) groups excluding carboxylic acids is 1. The number of aryl methyl sites for hydroxylation is 1. The smallest absolute Gasteiger partial charge is 0.227 e. The number of nitrogens with one attached hydrogen (secondary N) is 1. The van der Waals surface area contributed by atoms with Gasteiger partial charge in [-0.1, -0.05) is 24.3 Å². The van der Waals surface area contributed by atoms with Gasteiger partial charge in [0.15, 0.2) is 0 Å². The summed E-state index contributed by atoms with van der Waals surface area (Å²) in [7, 11) is 3.30. The molecule has 1 aliphatic rings. The summed E-state index contributed by atoms with van der Waals surface area (Å²) < 4.78 is 10.7. The highest BCUT2D eigenvalue weighted by atomic mass is 16.5. The van der Waals surface area contributed by atoms with Gasteiger partial charge in [0.2, 0.25) is 5.91 Å². The van der Waals surface area contributed by atoms with E-state index in [0.717, 1.165) is 52.8 Å². The maximum Gasteiger partial charge on any atom is 0.227 e. The normalized spacial score (nSPS) is 15.5. The fraction of sp³-hybridized carbons (Fsp3) is 0.308. The lowest BCUT2D eigenvalue weighted by Gasteiger charge is -2.18. The second-order valence-corrected chi connectivity index (χ2v) is 8.09. The lowest BCUT2D eigenvalue weighted by atomic mass is 10.0. The number of ether oxygens (including phenoxy) is 2. The number of anilines is 2. The van der Waals surface area contributed by atoms with Gasteiger partial charge in [-0.3, -0.25) is 9.78 Å². The van der Waals surface area contributed by atoms with Crippen LogP contribution in [0, 0.1) is 6.92 Å². The van der Waals surface area contributed by atoms with Gasteiger partial charge in [0.25, 0.3) is 0 Å². The van der Waals surface area contributed by atoms with Crippen LogP contribution in [-0.2, 0) is 11.2 Å². The number of rotatable bonds is 7. The van der Waals surface area contributed by atoms with E-state index in [1.165, 1.54) is 0 Å². The molecule has 1 amide bonds. The number of hydrogen-bond donors (Lipinski definition) is 1. The first kappa shape index (κ1) is 21.7. The minimum atomic E-state index is 0.124. The molecule has 0 aliphatic carbocycles. The molecule has 0 radical (unpaired) electrons. The Morgan fingerprint density at radius 2 is 1.91 bits per heavy atom. The Balaban J connectivity index is 1.45. The van der Waals surface area contributed by atoms with Crippen LogP contribution in [0.15, 0.2) is 60.7 Å². The molecule has 1 aromatic heterocycles. The molecule has 0 saturated carbocycles. The zero-order valence-corrected chi connectivity index (χ0v) is 18.8. The van der Waals surface area contributed by atoms with Crippen LogP contribution in [0.25, 0.3) is 0 Å². The molecule has 1 aliphatic heterocycles. The first-order valence-corrected chi connectivity index (χ1v) is 10.8. The number of aromatic nitrogens is 1.